The van der Waals surface area contributed by atoms with Crippen LogP contribution in [0, 0.1) is 0 Å². The highest BCUT2D eigenvalue weighted by atomic mass is 35.5. The molecule has 1 saturated heterocycles. The summed E-state index contributed by atoms with van der Waals surface area (Å²) >= 11 is 0. The lowest BCUT2D eigenvalue weighted by Crippen LogP contribution is -2.50. The molecule has 0 amide bonds. The molecule has 2 aliphatic heterocycles. The van der Waals surface area contributed by atoms with E-state index in [1.807, 2.05) is 0 Å². The Morgan fingerprint density at radius 1 is 1.13 bits per heavy atom. The van der Waals surface area contributed by atoms with Gasteiger partial charge in [0.15, 0.2) is 5.96 Å². The number of hydrogen-bond acceptors (Lipinski definition) is 4. The Morgan fingerprint density at radius 3 is 2.61 bits per heavy atom. The number of aryl methyl sites for hydroxylation is 1. The lowest BCUT2D eigenvalue weighted by Gasteiger charge is -2.38. The number of halogens is 2. The second kappa shape index (κ2) is 8.20. The number of nitrogens with one attached hydrogen (secondary N) is 1. The molecular formula is C16H26Cl2N4O. The highest BCUT2D eigenvalue weighted by Gasteiger charge is 2.29. The zero-order valence-electron chi connectivity index (χ0n) is 13.4. The first kappa shape index (κ1) is 20.0. The second-order valence-electron chi connectivity index (χ2n) is 6.15. The predicted molar refractivity (Wildman–Crippen MR) is 100 cm³/mol. The Kier molecular flexibility index (Phi) is 7.14. The normalized spacial score (nSPS) is 22.4. The minimum Gasteiger partial charge on any atom is -0.412 e. The van der Waals surface area contributed by atoms with Gasteiger partial charge in [-0.25, -0.2) is 4.99 Å². The smallest absolute Gasteiger partial charge is 0.199 e. The Hall–Kier alpha value is -1.01. The van der Waals surface area contributed by atoms with Gasteiger partial charge in [-0.1, -0.05) is 12.1 Å². The minimum absolute atomic E-state index is 0. The molecule has 1 fully saturated rings. The average molecular weight is 361 g/mol. The molecule has 1 unspecified atom stereocenters. The molecule has 1 atom stereocenters. The molecule has 1 aromatic carbocycles. The van der Waals surface area contributed by atoms with E-state index in [4.69, 9.17) is 4.99 Å². The molecule has 4 rings (SSSR count). The van der Waals surface area contributed by atoms with Gasteiger partial charge in [-0.15, -0.1) is 24.8 Å². The van der Waals surface area contributed by atoms with E-state index in [-0.39, 0.29) is 30.3 Å². The minimum atomic E-state index is 0. The molecule has 1 aliphatic carbocycles. The van der Waals surface area contributed by atoms with Crippen molar-refractivity contribution in [2.75, 3.05) is 38.5 Å². The van der Waals surface area contributed by atoms with E-state index < -0.39 is 0 Å². The molecule has 0 spiro atoms. The molecule has 0 bridgehead atoms. The van der Waals surface area contributed by atoms with Crippen LogP contribution in [0.25, 0.3) is 0 Å². The van der Waals surface area contributed by atoms with Crippen LogP contribution in [0.15, 0.2) is 23.2 Å². The number of guanidine groups is 1. The quantitative estimate of drug-likeness (QED) is 0.770. The summed E-state index contributed by atoms with van der Waals surface area (Å²) < 4.78 is 0. The maximum atomic E-state index is 5.02. The number of nitrogens with zero attached hydrogens (tertiary/aromatic N) is 3. The summed E-state index contributed by atoms with van der Waals surface area (Å²) in [6.07, 6.45) is 3.67. The van der Waals surface area contributed by atoms with Crippen molar-refractivity contribution in [3.8, 4) is 0 Å². The number of benzene rings is 1. The summed E-state index contributed by atoms with van der Waals surface area (Å²) in [6, 6.07) is 7.03. The van der Waals surface area contributed by atoms with Gasteiger partial charge in [-0.2, -0.15) is 0 Å². The van der Waals surface area contributed by atoms with Crippen molar-refractivity contribution < 1.29 is 5.48 Å². The van der Waals surface area contributed by atoms with Crippen molar-refractivity contribution in [2.24, 2.45) is 4.99 Å². The van der Waals surface area contributed by atoms with Crippen LogP contribution in [0.3, 0.4) is 0 Å². The molecule has 3 N–H and O–H groups in total. The SMILES string of the molecule is CN1CCN(C2=NC3CCCc4cccc(c43)N2)CC1.Cl.Cl.O. The third-order valence-electron chi connectivity index (χ3n) is 4.78. The van der Waals surface area contributed by atoms with Crippen LogP contribution in [0.1, 0.15) is 30.0 Å². The van der Waals surface area contributed by atoms with E-state index in [0.29, 0.717) is 6.04 Å². The number of piperazine rings is 1. The fourth-order valence-corrected chi connectivity index (χ4v) is 3.57. The van der Waals surface area contributed by atoms with Gasteiger partial charge in [0, 0.05) is 37.4 Å². The summed E-state index contributed by atoms with van der Waals surface area (Å²) in [7, 11) is 2.19. The standard InChI is InChI=1S/C16H22N4.2ClH.H2O/c1-19-8-10-20(11-9-19)16-17-13-6-2-4-12-5-3-7-14(18-16)15(12)13;;;/h2,4,6,14H,3,5,7-11H2,1H3,(H,17,18);2*1H;1H2. The summed E-state index contributed by atoms with van der Waals surface area (Å²) in [5.74, 6) is 1.09. The third-order valence-corrected chi connectivity index (χ3v) is 4.78. The number of hydrogen-bond donors (Lipinski definition) is 1. The second-order valence-corrected chi connectivity index (χ2v) is 6.15. The lowest BCUT2D eigenvalue weighted by atomic mass is 9.86. The monoisotopic (exact) mass is 360 g/mol. The van der Waals surface area contributed by atoms with Crippen molar-refractivity contribution >= 4 is 36.5 Å². The molecule has 5 nitrogen and oxygen atoms in total. The van der Waals surface area contributed by atoms with Gasteiger partial charge in [0.1, 0.15) is 0 Å². The maximum Gasteiger partial charge on any atom is 0.199 e. The van der Waals surface area contributed by atoms with Crippen LogP contribution in [-0.4, -0.2) is 54.5 Å². The summed E-state index contributed by atoms with van der Waals surface area (Å²) in [4.78, 5) is 9.80. The van der Waals surface area contributed by atoms with Crippen molar-refractivity contribution in [1.29, 1.82) is 0 Å². The first-order valence-electron chi connectivity index (χ1n) is 7.71. The van der Waals surface area contributed by atoms with Crippen molar-refractivity contribution in [3.05, 3.63) is 29.3 Å². The fraction of sp³-hybridized carbons (Fsp3) is 0.562. The molecule has 130 valence electrons. The average Bonchev–Trinajstić information content (AvgIpc) is 2.48. The van der Waals surface area contributed by atoms with Gasteiger partial charge in [0.2, 0.25) is 0 Å². The Balaban J connectivity index is 0.000000882. The number of anilines is 1. The summed E-state index contributed by atoms with van der Waals surface area (Å²) in [6.45, 7) is 4.39. The van der Waals surface area contributed by atoms with Crippen molar-refractivity contribution in [3.63, 3.8) is 0 Å². The third kappa shape index (κ3) is 3.74. The van der Waals surface area contributed by atoms with Gasteiger partial charge >= 0.3 is 0 Å². The lowest BCUT2D eigenvalue weighted by molar-refractivity contribution is 0.214. The van der Waals surface area contributed by atoms with Crippen molar-refractivity contribution in [1.82, 2.24) is 9.80 Å². The first-order chi connectivity index (χ1) is 9.81. The molecular weight excluding hydrogens is 335 g/mol. The Morgan fingerprint density at radius 2 is 1.87 bits per heavy atom. The van der Waals surface area contributed by atoms with Gasteiger partial charge in [-0.3, -0.25) is 0 Å². The van der Waals surface area contributed by atoms with Crippen LogP contribution < -0.4 is 5.32 Å². The fourth-order valence-electron chi connectivity index (χ4n) is 3.57. The van der Waals surface area contributed by atoms with E-state index in [0.717, 1.165) is 32.1 Å². The summed E-state index contributed by atoms with van der Waals surface area (Å²) in [5, 5.41) is 3.58. The highest BCUT2D eigenvalue weighted by Crippen LogP contribution is 2.40. The predicted octanol–water partition coefficient (Wildman–Crippen LogP) is 2.11. The number of likely N-dealkylation sites (N-methyl/N-ethyl adjacent to an activating group) is 1. The Bertz CT molecular complexity index is 559. The van der Waals surface area contributed by atoms with Gasteiger partial charge in [-0.05, 0) is 37.9 Å². The zero-order valence-corrected chi connectivity index (χ0v) is 15.1. The van der Waals surface area contributed by atoms with E-state index in [2.05, 4.69) is 40.4 Å². The van der Waals surface area contributed by atoms with Crippen LogP contribution in [0.5, 0.6) is 0 Å². The van der Waals surface area contributed by atoms with Gasteiger partial charge in [0.25, 0.3) is 0 Å². The zero-order chi connectivity index (χ0) is 13.5. The van der Waals surface area contributed by atoms with Crippen LogP contribution in [0.2, 0.25) is 0 Å². The van der Waals surface area contributed by atoms with E-state index >= 15 is 0 Å². The topological polar surface area (TPSA) is 62.4 Å². The molecule has 2 heterocycles. The summed E-state index contributed by atoms with van der Waals surface area (Å²) in [5.41, 5.74) is 4.24. The largest absolute Gasteiger partial charge is 0.412 e. The molecule has 0 saturated carbocycles. The maximum absolute atomic E-state index is 5.02. The van der Waals surface area contributed by atoms with Crippen LogP contribution >= 0.6 is 24.8 Å². The van der Waals surface area contributed by atoms with Gasteiger partial charge < -0.3 is 20.6 Å². The molecule has 7 heteroatoms. The Labute approximate surface area is 150 Å². The van der Waals surface area contributed by atoms with Crippen LogP contribution in [-0.2, 0) is 6.42 Å². The highest BCUT2D eigenvalue weighted by molar-refractivity contribution is 5.96. The molecule has 3 aliphatic rings. The molecule has 0 aromatic heterocycles. The van der Waals surface area contributed by atoms with Gasteiger partial charge in [0.05, 0.1) is 6.04 Å². The first-order valence-corrected chi connectivity index (χ1v) is 7.71. The van der Waals surface area contributed by atoms with E-state index in [9.17, 15) is 0 Å². The van der Waals surface area contributed by atoms with E-state index in [1.165, 1.54) is 36.1 Å². The molecule has 23 heavy (non-hydrogen) atoms. The van der Waals surface area contributed by atoms with E-state index in [1.54, 1.807) is 0 Å². The number of aliphatic imine (C=N–C) groups is 1. The van der Waals surface area contributed by atoms with Crippen LogP contribution in [0.4, 0.5) is 5.69 Å². The van der Waals surface area contributed by atoms with Crippen molar-refractivity contribution in [2.45, 2.75) is 25.3 Å². The number of rotatable bonds is 0. The molecule has 0 radical (unpaired) electrons. The molecule has 1 aromatic rings.